The molecule has 2 aromatic heterocycles. The van der Waals surface area contributed by atoms with Crippen molar-refractivity contribution in [2.45, 2.75) is 38.6 Å². The Morgan fingerprint density at radius 1 is 1.06 bits per heavy atom. The Balaban J connectivity index is 1.59. The number of amides is 1. The number of aromatic nitrogens is 3. The molecule has 0 spiro atoms. The summed E-state index contributed by atoms with van der Waals surface area (Å²) < 4.78 is 7.92. The van der Waals surface area contributed by atoms with Crippen molar-refractivity contribution >= 4 is 34.1 Å². The average molecular weight is 482 g/mol. The molecule has 1 aliphatic heterocycles. The van der Waals surface area contributed by atoms with Crippen molar-refractivity contribution in [3.8, 4) is 17.0 Å². The number of nitrogens with one attached hydrogen (secondary N) is 1. The maximum Gasteiger partial charge on any atom is 0.250 e. The normalized spacial score (nSPS) is 14.4. The Bertz CT molecular complexity index is 1390. The van der Waals surface area contributed by atoms with E-state index in [2.05, 4.69) is 51.9 Å². The van der Waals surface area contributed by atoms with Crippen molar-refractivity contribution in [3.05, 3.63) is 73.6 Å². The molecule has 184 valence electrons. The number of aryl methyl sites for hydroxylation is 1. The van der Waals surface area contributed by atoms with Crippen LogP contribution in [0.4, 0.5) is 17.3 Å². The van der Waals surface area contributed by atoms with Crippen molar-refractivity contribution in [2.24, 2.45) is 0 Å². The number of carbonyl (C=O) groups is 1. The Kier molecular flexibility index (Phi) is 6.98. The van der Waals surface area contributed by atoms with E-state index in [-0.39, 0.29) is 5.91 Å². The van der Waals surface area contributed by atoms with E-state index in [1.54, 1.807) is 18.2 Å². The molecule has 0 fully saturated rings. The van der Waals surface area contributed by atoms with Gasteiger partial charge in [0, 0.05) is 47.6 Å². The van der Waals surface area contributed by atoms with Gasteiger partial charge in [0.15, 0.2) is 0 Å². The van der Waals surface area contributed by atoms with E-state index in [1.807, 2.05) is 24.3 Å². The molecule has 0 saturated carbocycles. The number of hydrogen-bond donors (Lipinski definition) is 1. The van der Waals surface area contributed by atoms with Crippen LogP contribution in [-0.4, -0.2) is 34.1 Å². The fraction of sp³-hybridized carbons (Fsp3) is 0.276. The average Bonchev–Trinajstić information content (AvgIpc) is 3.28. The second kappa shape index (κ2) is 10.6. The number of benzene rings is 2. The number of ether oxygens (including phenoxy) is 1. The quantitative estimate of drug-likeness (QED) is 0.339. The molecule has 7 heteroatoms. The van der Waals surface area contributed by atoms with Gasteiger partial charge in [0.1, 0.15) is 5.75 Å². The van der Waals surface area contributed by atoms with Crippen LogP contribution >= 0.6 is 0 Å². The molecule has 1 amide bonds. The van der Waals surface area contributed by atoms with Crippen LogP contribution in [0.1, 0.15) is 32.1 Å². The summed E-state index contributed by atoms with van der Waals surface area (Å²) in [5.41, 5.74) is 4.62. The van der Waals surface area contributed by atoms with E-state index in [4.69, 9.17) is 9.72 Å². The number of methoxy groups -OCH3 is 1. The van der Waals surface area contributed by atoms with Gasteiger partial charge in [0.05, 0.1) is 18.5 Å². The highest BCUT2D eigenvalue weighted by atomic mass is 16.5. The molecule has 0 unspecified atom stereocenters. The van der Waals surface area contributed by atoms with Gasteiger partial charge in [-0.1, -0.05) is 44.0 Å². The molecule has 0 atom stereocenters. The number of para-hydroxylation sites is 1. The van der Waals surface area contributed by atoms with E-state index in [9.17, 15) is 4.79 Å². The molecule has 0 aliphatic carbocycles. The first-order valence-electron chi connectivity index (χ1n) is 12.5. The summed E-state index contributed by atoms with van der Waals surface area (Å²) in [5.74, 6) is 0.986. The predicted octanol–water partition coefficient (Wildman–Crippen LogP) is 6.33. The molecule has 6 bridgehead atoms. The Hall–Kier alpha value is -4.13. The van der Waals surface area contributed by atoms with Crippen LogP contribution in [0.25, 0.3) is 22.2 Å². The topological polar surface area (TPSA) is 72.3 Å². The number of nitrogens with zero attached hydrogens (tertiary/aromatic N) is 4. The number of hydrogen-bond acceptors (Lipinski definition) is 5. The molecule has 2 aromatic carbocycles. The van der Waals surface area contributed by atoms with Crippen LogP contribution in [0.5, 0.6) is 5.75 Å². The molecular formula is C29H31N5O2. The molecule has 0 saturated heterocycles. The van der Waals surface area contributed by atoms with Gasteiger partial charge < -0.3 is 19.5 Å². The van der Waals surface area contributed by atoms with Crippen LogP contribution in [0, 0.1) is 0 Å². The maximum atomic E-state index is 12.7. The minimum Gasteiger partial charge on any atom is -0.495 e. The number of anilines is 3. The maximum absolute atomic E-state index is 12.7. The number of rotatable bonds is 2. The standard InChI is InChI=1S/C29H31N5O2/c1-3-28(35)34-18-10-6-4-5-9-17-33-20-23(22-11-7-8-12-26(22)33)24-15-16-30-29(31-24)32-25-19-21(34)13-14-27(25)36-2/h3,7-8,11-16,19-20H,1,4-6,9-10,17-18H2,2H3,(H,30,31,32). The van der Waals surface area contributed by atoms with Crippen molar-refractivity contribution < 1.29 is 9.53 Å². The molecule has 1 N–H and O–H groups in total. The van der Waals surface area contributed by atoms with Gasteiger partial charge >= 0.3 is 0 Å². The van der Waals surface area contributed by atoms with Gasteiger partial charge in [-0.2, -0.15) is 0 Å². The van der Waals surface area contributed by atoms with Crippen LogP contribution in [-0.2, 0) is 11.3 Å². The third kappa shape index (κ3) is 4.82. The highest BCUT2D eigenvalue weighted by Crippen LogP contribution is 2.34. The second-order valence-corrected chi connectivity index (χ2v) is 8.99. The number of fused-ring (bicyclic) bond motifs is 10. The molecular weight excluding hydrogens is 450 g/mol. The minimum absolute atomic E-state index is 0.118. The van der Waals surface area contributed by atoms with Gasteiger partial charge in [-0.25, -0.2) is 9.97 Å². The molecule has 0 radical (unpaired) electrons. The van der Waals surface area contributed by atoms with Gasteiger partial charge in [0.2, 0.25) is 11.9 Å². The predicted molar refractivity (Wildman–Crippen MR) is 145 cm³/mol. The summed E-state index contributed by atoms with van der Waals surface area (Å²) in [6.45, 7) is 5.29. The largest absolute Gasteiger partial charge is 0.495 e. The summed E-state index contributed by atoms with van der Waals surface area (Å²) >= 11 is 0. The summed E-state index contributed by atoms with van der Waals surface area (Å²) in [6.07, 6.45) is 10.7. The minimum atomic E-state index is -0.118. The first kappa shape index (κ1) is 23.6. The fourth-order valence-electron chi connectivity index (χ4n) is 4.85. The van der Waals surface area contributed by atoms with Crippen LogP contribution in [0.2, 0.25) is 0 Å². The highest BCUT2D eigenvalue weighted by Gasteiger charge is 2.17. The Morgan fingerprint density at radius 2 is 1.86 bits per heavy atom. The molecule has 3 heterocycles. The van der Waals surface area contributed by atoms with Gasteiger partial charge in [-0.05, 0) is 49.2 Å². The van der Waals surface area contributed by atoms with Crippen molar-refractivity contribution in [3.63, 3.8) is 0 Å². The van der Waals surface area contributed by atoms with Gasteiger partial charge in [-0.3, -0.25) is 4.79 Å². The second-order valence-electron chi connectivity index (χ2n) is 8.99. The van der Waals surface area contributed by atoms with E-state index in [0.717, 1.165) is 55.6 Å². The van der Waals surface area contributed by atoms with Crippen molar-refractivity contribution in [1.29, 1.82) is 0 Å². The van der Waals surface area contributed by atoms with Crippen LogP contribution in [0.3, 0.4) is 0 Å². The van der Waals surface area contributed by atoms with Crippen molar-refractivity contribution in [1.82, 2.24) is 14.5 Å². The van der Waals surface area contributed by atoms with Crippen molar-refractivity contribution in [2.75, 3.05) is 23.9 Å². The molecule has 36 heavy (non-hydrogen) atoms. The first-order valence-corrected chi connectivity index (χ1v) is 12.5. The fourth-order valence-corrected chi connectivity index (χ4v) is 4.85. The summed E-state index contributed by atoms with van der Waals surface area (Å²) in [6, 6.07) is 16.1. The molecule has 5 rings (SSSR count). The zero-order valence-corrected chi connectivity index (χ0v) is 20.6. The molecule has 7 nitrogen and oxygen atoms in total. The smallest absolute Gasteiger partial charge is 0.250 e. The molecule has 4 aromatic rings. The highest BCUT2D eigenvalue weighted by molar-refractivity contribution is 6.01. The van der Waals surface area contributed by atoms with Crippen LogP contribution < -0.4 is 15.0 Å². The zero-order valence-electron chi connectivity index (χ0n) is 20.6. The monoisotopic (exact) mass is 481 g/mol. The summed E-state index contributed by atoms with van der Waals surface area (Å²) in [5, 5.41) is 4.49. The third-order valence-corrected chi connectivity index (χ3v) is 6.68. The van der Waals surface area contributed by atoms with E-state index in [0.29, 0.717) is 23.9 Å². The third-order valence-electron chi connectivity index (χ3n) is 6.68. The zero-order chi connectivity index (χ0) is 24.9. The van der Waals surface area contributed by atoms with E-state index < -0.39 is 0 Å². The molecule has 1 aliphatic rings. The van der Waals surface area contributed by atoms with E-state index >= 15 is 0 Å². The van der Waals surface area contributed by atoms with Crippen LogP contribution in [0.15, 0.2) is 73.6 Å². The lowest BCUT2D eigenvalue weighted by Gasteiger charge is -2.23. The lowest BCUT2D eigenvalue weighted by atomic mass is 10.1. The number of carbonyl (C=O) groups excluding carboxylic acids is 1. The SMILES string of the molecule is C=CC(=O)N1CCCCCCCn2cc(c3ccccc32)-c2ccnc(n2)Nc2cc1ccc2OC. The Morgan fingerprint density at radius 3 is 2.69 bits per heavy atom. The lowest BCUT2D eigenvalue weighted by molar-refractivity contribution is -0.114. The van der Waals surface area contributed by atoms with Gasteiger partial charge in [-0.15, -0.1) is 0 Å². The Labute approximate surface area is 211 Å². The van der Waals surface area contributed by atoms with Gasteiger partial charge in [0.25, 0.3) is 0 Å². The van der Waals surface area contributed by atoms with E-state index in [1.165, 1.54) is 17.0 Å². The lowest BCUT2D eigenvalue weighted by Crippen LogP contribution is -2.30. The summed E-state index contributed by atoms with van der Waals surface area (Å²) in [7, 11) is 1.62. The first-order chi connectivity index (χ1) is 17.7. The summed E-state index contributed by atoms with van der Waals surface area (Å²) in [4.78, 5) is 23.8.